The number of hydrogen-bond donors (Lipinski definition) is 1. The number of fused-ring (bicyclic) bond motifs is 1. The van der Waals surface area contributed by atoms with Gasteiger partial charge in [-0.2, -0.15) is 15.3 Å². The molecule has 4 heterocycles. The second kappa shape index (κ2) is 10.5. The van der Waals surface area contributed by atoms with Crippen molar-refractivity contribution in [2.24, 2.45) is 16.1 Å². The molecule has 1 saturated heterocycles. The Balaban J connectivity index is 1.34. The minimum atomic E-state index is -0.476. The Morgan fingerprint density at radius 2 is 1.94 bits per heavy atom. The highest BCUT2D eigenvalue weighted by Crippen LogP contribution is 2.40. The van der Waals surface area contributed by atoms with E-state index in [0.717, 1.165) is 80.4 Å². The number of halogens is 3. The Morgan fingerprint density at radius 3 is 2.71 bits per heavy atom. The van der Waals surface area contributed by atoms with Crippen molar-refractivity contribution in [3.8, 4) is 0 Å². The highest BCUT2D eigenvalue weighted by Gasteiger charge is 2.31. The number of aliphatic hydroxyl groups excluding tert-OH is 1. The highest BCUT2D eigenvalue weighted by atomic mass is 35.5. The van der Waals surface area contributed by atoms with Crippen LogP contribution < -0.4 is 4.90 Å². The number of aromatic nitrogens is 2. The molecule has 2 aromatic rings. The molecule has 0 radical (unpaired) electrons. The number of anilines is 1. The Bertz CT molecular complexity index is 1160. The van der Waals surface area contributed by atoms with Crippen LogP contribution in [0.3, 0.4) is 0 Å². The molecule has 7 nitrogen and oxygen atoms in total. The van der Waals surface area contributed by atoms with Gasteiger partial charge in [0.25, 0.3) is 0 Å². The van der Waals surface area contributed by atoms with Crippen LogP contribution in [-0.4, -0.2) is 64.4 Å². The van der Waals surface area contributed by atoms with Crippen LogP contribution in [0.15, 0.2) is 28.4 Å². The van der Waals surface area contributed by atoms with Gasteiger partial charge in [-0.15, -0.1) is 5.10 Å². The highest BCUT2D eigenvalue weighted by molar-refractivity contribution is 6.36. The molecule has 3 aliphatic rings. The molecule has 1 fully saturated rings. The lowest BCUT2D eigenvalue weighted by atomic mass is 9.89. The summed E-state index contributed by atoms with van der Waals surface area (Å²) < 4.78 is 14.2. The number of aliphatic hydroxyl groups is 1. The van der Waals surface area contributed by atoms with Crippen LogP contribution >= 0.6 is 23.2 Å². The number of rotatable bonds is 6. The summed E-state index contributed by atoms with van der Waals surface area (Å²) in [5.74, 6) is -0.0681. The molecule has 35 heavy (non-hydrogen) atoms. The Morgan fingerprint density at radius 1 is 1.14 bits per heavy atom. The first-order chi connectivity index (χ1) is 17.0. The van der Waals surface area contributed by atoms with Crippen molar-refractivity contribution in [3.05, 3.63) is 51.0 Å². The number of aryl methyl sites for hydroxylation is 1. The van der Waals surface area contributed by atoms with Gasteiger partial charge >= 0.3 is 0 Å². The number of likely N-dealkylation sites (tertiary alicyclic amines) is 1. The smallest absolute Gasteiger partial charge is 0.142 e. The average Bonchev–Trinajstić information content (AvgIpc) is 3.37. The van der Waals surface area contributed by atoms with Gasteiger partial charge in [0.15, 0.2) is 0 Å². The van der Waals surface area contributed by atoms with E-state index in [1.165, 1.54) is 6.07 Å². The minimum Gasteiger partial charge on any atom is -0.395 e. The molecule has 0 bridgehead atoms. The third-order valence-corrected chi connectivity index (χ3v) is 8.07. The van der Waals surface area contributed by atoms with Crippen LogP contribution in [0.5, 0.6) is 0 Å². The molecule has 3 aliphatic heterocycles. The topological polar surface area (TPSA) is 77.2 Å². The minimum absolute atomic E-state index is 0.0580. The third-order valence-electron chi connectivity index (χ3n) is 7.35. The molecular formula is C25H29Cl2FN6O. The summed E-state index contributed by atoms with van der Waals surface area (Å²) in [5.41, 5.74) is 5.09. The van der Waals surface area contributed by atoms with Crippen molar-refractivity contribution in [3.63, 3.8) is 0 Å². The maximum Gasteiger partial charge on any atom is 0.142 e. The fraction of sp³-hybridized carbons (Fsp3) is 0.520. The molecule has 1 N–H and O–H groups in total. The Hall–Kier alpha value is -2.13. The largest absolute Gasteiger partial charge is 0.395 e. The molecule has 1 aromatic carbocycles. The predicted octanol–water partition coefficient (Wildman–Crippen LogP) is 4.69. The summed E-state index contributed by atoms with van der Waals surface area (Å²) in [5, 5.41) is 27.7. The van der Waals surface area contributed by atoms with E-state index in [1.807, 2.05) is 13.0 Å². The molecule has 0 amide bonds. The summed E-state index contributed by atoms with van der Waals surface area (Å²) in [6, 6.07) is 4.64. The van der Waals surface area contributed by atoms with Crippen LogP contribution in [0.1, 0.15) is 55.6 Å². The van der Waals surface area contributed by atoms with Gasteiger partial charge in [0.1, 0.15) is 11.5 Å². The second-order valence-corrected chi connectivity index (χ2v) is 10.2. The molecule has 1 aromatic heterocycles. The van der Waals surface area contributed by atoms with E-state index in [4.69, 9.17) is 28.3 Å². The normalized spacial score (nSPS) is 20.0. The summed E-state index contributed by atoms with van der Waals surface area (Å²) in [6.45, 7) is 5.63. The third kappa shape index (κ3) is 4.94. The monoisotopic (exact) mass is 518 g/mol. The fourth-order valence-electron chi connectivity index (χ4n) is 5.36. The van der Waals surface area contributed by atoms with Gasteiger partial charge in [0.2, 0.25) is 0 Å². The van der Waals surface area contributed by atoms with Crippen molar-refractivity contribution >= 4 is 40.3 Å². The molecule has 0 aliphatic carbocycles. The van der Waals surface area contributed by atoms with Crippen molar-refractivity contribution < 1.29 is 9.50 Å². The Labute approximate surface area is 214 Å². The van der Waals surface area contributed by atoms with Gasteiger partial charge in [0.05, 0.1) is 34.8 Å². The van der Waals surface area contributed by atoms with Crippen LogP contribution in [0.2, 0.25) is 10.0 Å². The standard InChI is InChI=1S/C25H29Cl2FN6O/c1-15(24-17(26)4-5-18(28)25(24)27)34-8-2-3-19-23(34)14-22(32-29-19)21-13-20(30-31-21)16-6-9-33(10-7-16)11-12-35/h4-5,14-16,35H,2-3,6-13H2,1H3/t15-/m1/s1. The number of piperidine rings is 1. The molecule has 0 spiro atoms. The van der Waals surface area contributed by atoms with Gasteiger partial charge in [-0.1, -0.05) is 23.2 Å². The van der Waals surface area contributed by atoms with Crippen LogP contribution in [0, 0.1) is 11.7 Å². The van der Waals surface area contributed by atoms with E-state index in [-0.39, 0.29) is 17.7 Å². The second-order valence-electron chi connectivity index (χ2n) is 9.45. The molecular weight excluding hydrogens is 490 g/mol. The van der Waals surface area contributed by atoms with Crippen molar-refractivity contribution in [1.29, 1.82) is 0 Å². The summed E-state index contributed by atoms with van der Waals surface area (Å²) >= 11 is 12.8. The van der Waals surface area contributed by atoms with Crippen molar-refractivity contribution in [1.82, 2.24) is 15.1 Å². The molecule has 1 atom stereocenters. The number of β-amino-alcohol motifs (C(OH)–C–C–N with tert-alkyl or cyclic N) is 1. The maximum atomic E-state index is 14.2. The van der Waals surface area contributed by atoms with E-state index >= 15 is 0 Å². The van der Waals surface area contributed by atoms with E-state index in [9.17, 15) is 4.39 Å². The number of nitrogens with zero attached hydrogens (tertiary/aromatic N) is 6. The fourth-order valence-corrected chi connectivity index (χ4v) is 6.05. The first-order valence-electron chi connectivity index (χ1n) is 12.2. The van der Waals surface area contributed by atoms with Crippen molar-refractivity contribution in [2.75, 3.05) is 37.7 Å². The quantitative estimate of drug-likeness (QED) is 0.561. The van der Waals surface area contributed by atoms with Crippen LogP contribution in [0.4, 0.5) is 10.1 Å². The zero-order chi connectivity index (χ0) is 24.5. The number of benzene rings is 1. The maximum absolute atomic E-state index is 14.2. The molecule has 10 heteroatoms. The summed E-state index contributed by atoms with van der Waals surface area (Å²) in [4.78, 5) is 4.47. The summed E-state index contributed by atoms with van der Waals surface area (Å²) in [6.07, 6.45) is 4.47. The van der Waals surface area contributed by atoms with E-state index < -0.39 is 5.82 Å². The van der Waals surface area contributed by atoms with Gasteiger partial charge < -0.3 is 14.9 Å². The van der Waals surface area contributed by atoms with Crippen LogP contribution in [-0.2, 0) is 6.42 Å². The van der Waals surface area contributed by atoms with E-state index in [0.29, 0.717) is 22.9 Å². The molecule has 186 valence electrons. The lowest BCUT2D eigenvalue weighted by molar-refractivity contribution is 0.162. The SMILES string of the molecule is C[C@H](c1c(Cl)ccc(F)c1Cl)N1CCCc2nnc(C3=NN=C(C4CCN(CCO)CC4)C3)cc21. The lowest BCUT2D eigenvalue weighted by Gasteiger charge is -2.36. The van der Waals surface area contributed by atoms with Gasteiger partial charge in [-0.25, -0.2) is 4.39 Å². The summed E-state index contributed by atoms with van der Waals surface area (Å²) in [7, 11) is 0. The first-order valence-corrected chi connectivity index (χ1v) is 13.0. The Kier molecular flexibility index (Phi) is 7.34. The first kappa shape index (κ1) is 24.6. The predicted molar refractivity (Wildman–Crippen MR) is 137 cm³/mol. The van der Waals surface area contributed by atoms with Crippen molar-refractivity contribution in [2.45, 2.75) is 45.1 Å². The van der Waals surface area contributed by atoms with E-state index in [2.05, 4.69) is 30.2 Å². The van der Waals surface area contributed by atoms with Gasteiger partial charge in [0, 0.05) is 41.7 Å². The molecule has 0 unspecified atom stereocenters. The zero-order valence-corrected chi connectivity index (χ0v) is 21.2. The average molecular weight is 519 g/mol. The number of hydrogen-bond acceptors (Lipinski definition) is 7. The molecule has 5 rings (SSSR count). The molecule has 0 saturated carbocycles. The van der Waals surface area contributed by atoms with Gasteiger partial charge in [-0.05, 0) is 63.9 Å². The van der Waals surface area contributed by atoms with Crippen LogP contribution in [0.25, 0.3) is 0 Å². The zero-order valence-electron chi connectivity index (χ0n) is 19.7. The lowest BCUT2D eigenvalue weighted by Crippen LogP contribution is -2.37. The van der Waals surface area contributed by atoms with E-state index in [1.54, 1.807) is 6.07 Å². The van der Waals surface area contributed by atoms with Gasteiger partial charge in [-0.3, -0.25) is 0 Å².